The molecule has 0 bridgehead atoms. The highest BCUT2D eigenvalue weighted by molar-refractivity contribution is 7.88. The minimum atomic E-state index is -3.15. The van der Waals surface area contributed by atoms with Crippen molar-refractivity contribution in [1.82, 2.24) is 4.31 Å². The largest absolute Gasteiger partial charge is 0.326 e. The Hall–Kier alpha value is -1.40. The van der Waals surface area contributed by atoms with E-state index in [1.807, 2.05) is 19.1 Å². The second-order valence-electron chi connectivity index (χ2n) is 6.65. The van der Waals surface area contributed by atoms with E-state index in [9.17, 15) is 13.2 Å². The molecule has 0 radical (unpaired) electrons. The Morgan fingerprint density at radius 1 is 1.26 bits per heavy atom. The highest BCUT2D eigenvalue weighted by Gasteiger charge is 2.29. The Morgan fingerprint density at radius 2 is 1.87 bits per heavy atom. The average Bonchev–Trinajstić information content (AvgIpc) is 2.48. The number of anilines is 1. The van der Waals surface area contributed by atoms with Crippen molar-refractivity contribution in [3.8, 4) is 0 Å². The van der Waals surface area contributed by atoms with Crippen LogP contribution in [0.2, 0.25) is 0 Å². The summed E-state index contributed by atoms with van der Waals surface area (Å²) >= 11 is 0. The topological polar surface area (TPSA) is 66.5 Å². The van der Waals surface area contributed by atoms with Gasteiger partial charge in [0.2, 0.25) is 15.9 Å². The van der Waals surface area contributed by atoms with E-state index in [4.69, 9.17) is 0 Å². The molecule has 6 heteroatoms. The zero-order chi connectivity index (χ0) is 17.2. The fourth-order valence-corrected chi connectivity index (χ4v) is 3.69. The monoisotopic (exact) mass is 338 g/mol. The Bertz CT molecular complexity index is 675. The third-order valence-electron chi connectivity index (χ3n) is 4.48. The lowest BCUT2D eigenvalue weighted by Crippen LogP contribution is -2.40. The number of sulfonamides is 1. The van der Waals surface area contributed by atoms with E-state index in [2.05, 4.69) is 25.2 Å². The van der Waals surface area contributed by atoms with Gasteiger partial charge < -0.3 is 5.32 Å². The van der Waals surface area contributed by atoms with Crippen LogP contribution in [0.1, 0.15) is 43.7 Å². The lowest BCUT2D eigenvalue weighted by Gasteiger charge is -2.29. The van der Waals surface area contributed by atoms with Gasteiger partial charge >= 0.3 is 0 Å². The van der Waals surface area contributed by atoms with E-state index < -0.39 is 10.0 Å². The summed E-state index contributed by atoms with van der Waals surface area (Å²) in [6.45, 7) is 7.06. The molecule has 1 heterocycles. The van der Waals surface area contributed by atoms with Crippen molar-refractivity contribution in [3.05, 3.63) is 29.3 Å². The number of hydrogen-bond acceptors (Lipinski definition) is 3. The van der Waals surface area contributed by atoms with Crippen LogP contribution in [0.5, 0.6) is 0 Å². The number of benzene rings is 1. The zero-order valence-corrected chi connectivity index (χ0v) is 15.1. The summed E-state index contributed by atoms with van der Waals surface area (Å²) in [4.78, 5) is 12.5. The molecule has 0 aromatic heterocycles. The van der Waals surface area contributed by atoms with Gasteiger partial charge in [-0.15, -0.1) is 0 Å². The number of carbonyl (C=O) groups is 1. The van der Waals surface area contributed by atoms with Crippen molar-refractivity contribution in [3.63, 3.8) is 0 Å². The number of nitrogens with one attached hydrogen (secondary N) is 1. The predicted octanol–water partition coefficient (Wildman–Crippen LogP) is 2.73. The maximum atomic E-state index is 12.5. The molecule has 2 rings (SSSR count). The molecule has 0 spiro atoms. The Morgan fingerprint density at radius 3 is 2.39 bits per heavy atom. The van der Waals surface area contributed by atoms with Gasteiger partial charge in [0.1, 0.15) is 0 Å². The highest BCUT2D eigenvalue weighted by Crippen LogP contribution is 2.25. The molecule has 0 saturated carbocycles. The molecular formula is C17H26N2O3S. The molecule has 0 atom stereocenters. The predicted molar refractivity (Wildman–Crippen MR) is 93.0 cm³/mol. The Kier molecular flexibility index (Phi) is 5.47. The minimum absolute atomic E-state index is 0.0119. The number of nitrogens with zero attached hydrogens (tertiary/aromatic N) is 1. The summed E-state index contributed by atoms with van der Waals surface area (Å²) in [7, 11) is -3.15. The molecule has 1 aromatic carbocycles. The zero-order valence-electron chi connectivity index (χ0n) is 14.3. The number of aryl methyl sites for hydroxylation is 1. The van der Waals surface area contributed by atoms with Gasteiger partial charge in [0.25, 0.3) is 0 Å². The number of rotatable bonds is 4. The summed E-state index contributed by atoms with van der Waals surface area (Å²) in [5.41, 5.74) is 3.08. The van der Waals surface area contributed by atoms with Crippen LogP contribution in [-0.4, -0.2) is 38.0 Å². The van der Waals surface area contributed by atoms with Crippen molar-refractivity contribution < 1.29 is 13.2 Å². The van der Waals surface area contributed by atoms with Gasteiger partial charge in [-0.25, -0.2) is 12.7 Å². The van der Waals surface area contributed by atoms with Crippen LogP contribution in [-0.2, 0) is 14.8 Å². The summed E-state index contributed by atoms with van der Waals surface area (Å²) in [6, 6.07) is 6.14. The van der Waals surface area contributed by atoms with Crippen LogP contribution < -0.4 is 5.32 Å². The first-order chi connectivity index (χ1) is 10.7. The Labute approximate surface area is 139 Å². The van der Waals surface area contributed by atoms with Crippen molar-refractivity contribution in [1.29, 1.82) is 0 Å². The van der Waals surface area contributed by atoms with Gasteiger partial charge in [0.05, 0.1) is 6.26 Å². The van der Waals surface area contributed by atoms with Crippen LogP contribution in [0.15, 0.2) is 18.2 Å². The lowest BCUT2D eigenvalue weighted by atomic mass is 9.96. The van der Waals surface area contributed by atoms with Crippen LogP contribution in [0, 0.1) is 12.8 Å². The van der Waals surface area contributed by atoms with Gasteiger partial charge in [0.15, 0.2) is 0 Å². The van der Waals surface area contributed by atoms with Gasteiger partial charge in [-0.3, -0.25) is 4.79 Å². The second kappa shape index (κ2) is 7.01. The maximum Gasteiger partial charge on any atom is 0.227 e. The van der Waals surface area contributed by atoms with Gasteiger partial charge in [-0.2, -0.15) is 0 Å². The molecule has 1 saturated heterocycles. The normalized spacial score (nSPS) is 17.4. The van der Waals surface area contributed by atoms with E-state index >= 15 is 0 Å². The molecule has 0 aliphatic carbocycles. The SMILES string of the molecule is Cc1ccc(C(C)C)cc1NC(=O)C1CCN(S(C)(=O)=O)CC1. The molecule has 1 aliphatic heterocycles. The first kappa shape index (κ1) is 17.9. The van der Waals surface area contributed by atoms with E-state index in [1.165, 1.54) is 16.1 Å². The van der Waals surface area contributed by atoms with E-state index in [-0.39, 0.29) is 11.8 Å². The van der Waals surface area contributed by atoms with E-state index in [1.54, 1.807) is 0 Å². The molecule has 0 unspecified atom stereocenters. The summed E-state index contributed by atoms with van der Waals surface area (Å²) in [5.74, 6) is 0.265. The fourth-order valence-electron chi connectivity index (χ4n) is 2.82. The van der Waals surface area contributed by atoms with E-state index in [0.29, 0.717) is 31.8 Å². The molecule has 1 aromatic rings. The molecular weight excluding hydrogens is 312 g/mol. The molecule has 23 heavy (non-hydrogen) atoms. The van der Waals surface area contributed by atoms with Gasteiger partial charge in [-0.05, 0) is 42.9 Å². The quantitative estimate of drug-likeness (QED) is 0.918. The van der Waals surface area contributed by atoms with Crippen molar-refractivity contribution >= 4 is 21.6 Å². The van der Waals surface area contributed by atoms with Crippen LogP contribution in [0.25, 0.3) is 0 Å². The minimum Gasteiger partial charge on any atom is -0.326 e. The average molecular weight is 338 g/mol. The van der Waals surface area contributed by atoms with Gasteiger partial charge in [-0.1, -0.05) is 26.0 Å². The lowest BCUT2D eigenvalue weighted by molar-refractivity contribution is -0.120. The number of carbonyl (C=O) groups excluding carboxylic acids is 1. The summed E-state index contributed by atoms with van der Waals surface area (Å²) in [6.07, 6.45) is 2.36. The fraction of sp³-hybridized carbons (Fsp3) is 0.588. The third-order valence-corrected chi connectivity index (χ3v) is 5.78. The molecule has 5 nitrogen and oxygen atoms in total. The number of hydrogen-bond donors (Lipinski definition) is 1. The summed E-state index contributed by atoms with van der Waals surface area (Å²) in [5, 5.41) is 3.02. The number of amides is 1. The van der Waals surface area contributed by atoms with Crippen molar-refractivity contribution in [2.24, 2.45) is 5.92 Å². The molecule has 128 valence electrons. The molecule has 1 N–H and O–H groups in total. The van der Waals surface area contributed by atoms with Crippen molar-refractivity contribution in [2.45, 2.75) is 39.5 Å². The molecule has 1 aliphatic rings. The van der Waals surface area contributed by atoms with E-state index in [0.717, 1.165) is 11.3 Å². The Balaban J connectivity index is 2.02. The number of piperidine rings is 1. The summed E-state index contributed by atoms with van der Waals surface area (Å²) < 4.78 is 24.5. The maximum absolute atomic E-state index is 12.5. The van der Waals surface area contributed by atoms with Crippen LogP contribution >= 0.6 is 0 Å². The van der Waals surface area contributed by atoms with Crippen molar-refractivity contribution in [2.75, 3.05) is 24.7 Å². The second-order valence-corrected chi connectivity index (χ2v) is 8.64. The van der Waals surface area contributed by atoms with Crippen LogP contribution in [0.4, 0.5) is 5.69 Å². The third kappa shape index (κ3) is 4.54. The molecule has 1 amide bonds. The standard InChI is InChI=1S/C17H26N2O3S/c1-12(2)15-6-5-13(3)16(11-15)18-17(20)14-7-9-19(10-8-14)23(4,21)22/h5-6,11-12,14H,7-10H2,1-4H3,(H,18,20). The highest BCUT2D eigenvalue weighted by atomic mass is 32.2. The molecule has 1 fully saturated rings. The smallest absolute Gasteiger partial charge is 0.227 e. The first-order valence-electron chi connectivity index (χ1n) is 8.05. The first-order valence-corrected chi connectivity index (χ1v) is 9.90. The van der Waals surface area contributed by atoms with Crippen LogP contribution in [0.3, 0.4) is 0 Å². The van der Waals surface area contributed by atoms with Gasteiger partial charge in [0, 0.05) is 24.7 Å².